The molecule has 1 aromatic rings. The molecule has 4 rings (SSSR count). The van der Waals surface area contributed by atoms with E-state index in [-0.39, 0.29) is 23.4 Å². The van der Waals surface area contributed by atoms with Crippen LogP contribution in [-0.4, -0.2) is 36.5 Å². The van der Waals surface area contributed by atoms with Crippen LogP contribution in [0.25, 0.3) is 0 Å². The minimum absolute atomic E-state index is 0.0898. The van der Waals surface area contributed by atoms with Gasteiger partial charge in [-0.2, -0.15) is 5.26 Å². The third-order valence-corrected chi connectivity index (χ3v) is 5.98. The Bertz CT molecular complexity index is 704. The second-order valence-electron chi connectivity index (χ2n) is 7.70. The van der Waals surface area contributed by atoms with Crippen LogP contribution in [0.15, 0.2) is 18.2 Å². The van der Waals surface area contributed by atoms with Crippen LogP contribution in [0.5, 0.6) is 0 Å². The molecule has 2 atom stereocenters. The van der Waals surface area contributed by atoms with E-state index in [0.29, 0.717) is 12.1 Å². The van der Waals surface area contributed by atoms with Crippen LogP contribution in [0.4, 0.5) is 0 Å². The second kappa shape index (κ2) is 5.87. The molecule has 126 valence electrons. The largest absolute Gasteiger partial charge is 0.339 e. The number of benzene rings is 1. The fourth-order valence-electron chi connectivity index (χ4n) is 4.68. The fraction of sp³-hybridized carbons (Fsp3) is 0.579. The molecule has 2 unspecified atom stereocenters. The van der Waals surface area contributed by atoms with Crippen LogP contribution in [0, 0.1) is 16.7 Å². The zero-order valence-electron chi connectivity index (χ0n) is 13.9. The summed E-state index contributed by atoms with van der Waals surface area (Å²) in [6.45, 7) is 2.27. The van der Waals surface area contributed by atoms with Crippen molar-refractivity contribution < 1.29 is 4.79 Å². The van der Waals surface area contributed by atoms with Crippen molar-refractivity contribution in [3.63, 3.8) is 0 Å². The molecule has 0 radical (unpaired) electrons. The number of nitrogens with two attached hydrogens (primary N) is 1. The zero-order chi connectivity index (χ0) is 16.7. The predicted molar refractivity (Wildman–Crippen MR) is 91.1 cm³/mol. The number of amides is 1. The number of likely N-dealkylation sites (tertiary alicyclic amines) is 1. The minimum Gasteiger partial charge on any atom is -0.339 e. The van der Waals surface area contributed by atoms with Crippen molar-refractivity contribution in [1.82, 2.24) is 10.2 Å². The Balaban J connectivity index is 1.58. The third kappa shape index (κ3) is 2.60. The van der Waals surface area contributed by atoms with Crippen LogP contribution in [0.3, 0.4) is 0 Å². The number of carbonyl (C=O) groups is 1. The van der Waals surface area contributed by atoms with Gasteiger partial charge in [-0.1, -0.05) is 12.5 Å². The van der Waals surface area contributed by atoms with E-state index in [1.54, 1.807) is 0 Å². The normalized spacial score (nSPS) is 27.9. The fourth-order valence-corrected chi connectivity index (χ4v) is 4.68. The Labute approximate surface area is 142 Å². The van der Waals surface area contributed by atoms with Gasteiger partial charge in [-0.25, -0.2) is 0 Å². The lowest BCUT2D eigenvalue weighted by Gasteiger charge is -2.51. The molecule has 5 heteroatoms. The number of hydrogen-bond acceptors (Lipinski definition) is 4. The first-order chi connectivity index (χ1) is 11.6. The van der Waals surface area contributed by atoms with E-state index >= 15 is 0 Å². The maximum absolute atomic E-state index is 13.2. The first kappa shape index (κ1) is 15.6. The Hall–Kier alpha value is -1.90. The van der Waals surface area contributed by atoms with Crippen molar-refractivity contribution in [3.05, 3.63) is 34.9 Å². The summed E-state index contributed by atoms with van der Waals surface area (Å²) in [7, 11) is 0. The number of piperidine rings is 1. The van der Waals surface area contributed by atoms with Crippen molar-refractivity contribution in [1.29, 1.82) is 5.26 Å². The number of fused-ring (bicyclic) bond motifs is 1. The molecule has 3 aliphatic rings. The van der Waals surface area contributed by atoms with Gasteiger partial charge in [0.1, 0.15) is 6.04 Å². The summed E-state index contributed by atoms with van der Waals surface area (Å²) in [5.74, 6) is 0.141. The first-order valence-corrected chi connectivity index (χ1v) is 8.91. The van der Waals surface area contributed by atoms with Crippen molar-refractivity contribution in [2.45, 2.75) is 44.2 Å². The molecule has 1 spiro atoms. The summed E-state index contributed by atoms with van der Waals surface area (Å²) in [6.07, 6.45) is 5.57. The highest BCUT2D eigenvalue weighted by atomic mass is 16.2. The van der Waals surface area contributed by atoms with Gasteiger partial charge in [0.25, 0.3) is 0 Å². The highest BCUT2D eigenvalue weighted by Gasteiger charge is 2.45. The molecule has 1 saturated heterocycles. The highest BCUT2D eigenvalue weighted by Crippen LogP contribution is 2.47. The number of hydrogen-bond donors (Lipinski definition) is 2. The maximum Gasteiger partial charge on any atom is 0.244 e. The average Bonchev–Trinajstić information content (AvgIpc) is 2.58. The predicted octanol–water partition coefficient (Wildman–Crippen LogP) is 1.47. The maximum atomic E-state index is 13.2. The molecular formula is C19H24N4O. The lowest BCUT2D eigenvalue weighted by atomic mass is 9.63. The molecule has 24 heavy (non-hydrogen) atoms. The lowest BCUT2D eigenvalue weighted by Crippen LogP contribution is -2.58. The summed E-state index contributed by atoms with van der Waals surface area (Å²) in [5, 5.41) is 12.5. The SMILES string of the molecule is N#Cc1ccc2c(c1)CCNC2C(=O)N1CC(N)CC2(CCC2)C1. The quantitative estimate of drug-likeness (QED) is 0.820. The Kier molecular flexibility index (Phi) is 3.82. The molecule has 5 nitrogen and oxygen atoms in total. The van der Waals surface area contributed by atoms with Crippen LogP contribution in [0.2, 0.25) is 0 Å². The van der Waals surface area contributed by atoms with Crippen LogP contribution in [0.1, 0.15) is 48.4 Å². The van der Waals surface area contributed by atoms with Gasteiger partial charge in [-0.05, 0) is 54.4 Å². The molecule has 2 heterocycles. The molecular weight excluding hydrogens is 300 g/mol. The van der Waals surface area contributed by atoms with E-state index in [1.807, 2.05) is 23.1 Å². The zero-order valence-corrected chi connectivity index (χ0v) is 13.9. The molecule has 1 amide bonds. The minimum atomic E-state index is -0.302. The van der Waals surface area contributed by atoms with Crippen LogP contribution in [-0.2, 0) is 11.2 Å². The van der Waals surface area contributed by atoms with Crippen LogP contribution < -0.4 is 11.1 Å². The smallest absolute Gasteiger partial charge is 0.244 e. The highest BCUT2D eigenvalue weighted by molar-refractivity contribution is 5.84. The van der Waals surface area contributed by atoms with Crippen molar-refractivity contribution in [2.75, 3.05) is 19.6 Å². The Morgan fingerprint density at radius 3 is 2.96 bits per heavy atom. The van der Waals surface area contributed by atoms with E-state index in [9.17, 15) is 4.79 Å². The molecule has 1 aliphatic carbocycles. The van der Waals surface area contributed by atoms with E-state index in [0.717, 1.165) is 37.1 Å². The van der Waals surface area contributed by atoms with Gasteiger partial charge in [0.2, 0.25) is 5.91 Å². The lowest BCUT2D eigenvalue weighted by molar-refractivity contribution is -0.139. The van der Waals surface area contributed by atoms with Crippen molar-refractivity contribution in [3.8, 4) is 6.07 Å². The Morgan fingerprint density at radius 1 is 1.42 bits per heavy atom. The van der Waals surface area contributed by atoms with E-state index in [4.69, 9.17) is 11.0 Å². The molecule has 0 bridgehead atoms. The third-order valence-electron chi connectivity index (χ3n) is 5.98. The van der Waals surface area contributed by atoms with E-state index in [2.05, 4.69) is 11.4 Å². The number of carbonyl (C=O) groups excluding carboxylic acids is 1. The summed E-state index contributed by atoms with van der Waals surface area (Å²) in [5.41, 5.74) is 9.33. The molecule has 2 aliphatic heterocycles. The molecule has 1 aromatic carbocycles. The standard InChI is InChI=1S/C19H24N4O/c20-10-13-2-3-16-14(8-13)4-7-22-17(16)18(24)23-11-15(21)9-19(12-23)5-1-6-19/h2-3,8,15,17,22H,1,4-7,9,11-12,21H2. The van der Waals surface area contributed by atoms with Gasteiger partial charge < -0.3 is 16.0 Å². The number of nitriles is 1. The summed E-state index contributed by atoms with van der Waals surface area (Å²) < 4.78 is 0. The number of nitrogens with one attached hydrogen (secondary N) is 1. The average molecular weight is 324 g/mol. The van der Waals surface area contributed by atoms with Crippen molar-refractivity contribution >= 4 is 5.91 Å². The summed E-state index contributed by atoms with van der Waals surface area (Å²) >= 11 is 0. The number of nitrogens with zero attached hydrogens (tertiary/aromatic N) is 2. The second-order valence-corrected chi connectivity index (χ2v) is 7.70. The molecule has 1 saturated carbocycles. The Morgan fingerprint density at radius 2 is 2.25 bits per heavy atom. The van der Waals surface area contributed by atoms with Crippen molar-refractivity contribution in [2.24, 2.45) is 11.1 Å². The van der Waals surface area contributed by atoms with Gasteiger partial charge >= 0.3 is 0 Å². The van der Waals surface area contributed by atoms with Crippen LogP contribution >= 0.6 is 0 Å². The van der Waals surface area contributed by atoms with E-state index in [1.165, 1.54) is 19.3 Å². The number of rotatable bonds is 1. The van der Waals surface area contributed by atoms with Gasteiger partial charge in [0.05, 0.1) is 11.6 Å². The molecule has 2 fully saturated rings. The monoisotopic (exact) mass is 324 g/mol. The van der Waals surface area contributed by atoms with Gasteiger partial charge in [-0.15, -0.1) is 0 Å². The van der Waals surface area contributed by atoms with Gasteiger partial charge in [0, 0.05) is 25.7 Å². The summed E-state index contributed by atoms with van der Waals surface area (Å²) in [6, 6.07) is 7.64. The topological polar surface area (TPSA) is 82.2 Å². The molecule has 3 N–H and O–H groups in total. The van der Waals surface area contributed by atoms with Gasteiger partial charge in [0.15, 0.2) is 0 Å². The molecule has 0 aromatic heterocycles. The van der Waals surface area contributed by atoms with E-state index < -0.39 is 0 Å². The first-order valence-electron chi connectivity index (χ1n) is 8.91. The van der Waals surface area contributed by atoms with Gasteiger partial charge in [-0.3, -0.25) is 4.79 Å². The summed E-state index contributed by atoms with van der Waals surface area (Å²) in [4.78, 5) is 15.2.